The number of imidazole rings is 1. The molecule has 0 fully saturated rings. The molecule has 2 aromatic rings. The van der Waals surface area contributed by atoms with Gasteiger partial charge in [0.2, 0.25) is 0 Å². The zero-order chi connectivity index (χ0) is 11.4. The topological polar surface area (TPSA) is 45.8 Å². The minimum absolute atomic E-state index is 0.0529. The summed E-state index contributed by atoms with van der Waals surface area (Å²) >= 11 is 0. The molecule has 0 atom stereocenters. The van der Waals surface area contributed by atoms with Crippen LogP contribution in [0.4, 0.5) is 0 Å². The summed E-state index contributed by atoms with van der Waals surface area (Å²) in [6, 6.07) is 5.57. The molecule has 1 aromatic carbocycles. The highest BCUT2D eigenvalue weighted by molar-refractivity contribution is 6.04. The van der Waals surface area contributed by atoms with Crippen molar-refractivity contribution >= 4 is 16.8 Å². The van der Waals surface area contributed by atoms with Gasteiger partial charge in [-0.2, -0.15) is 0 Å². The minimum atomic E-state index is 0.0529. The summed E-state index contributed by atoms with van der Waals surface area (Å²) in [5.74, 6) is 0.890. The second-order valence-electron chi connectivity index (χ2n) is 3.08. The smallest absolute Gasteiger partial charge is 0.162 e. The number of aryl methyl sites for hydroxylation is 1. The molecule has 1 N–H and O–H groups in total. The molecule has 0 aliphatic rings. The molecule has 0 bridgehead atoms. The third kappa shape index (κ3) is 2.24. The molecule has 0 spiro atoms. The van der Waals surface area contributed by atoms with E-state index in [0.29, 0.717) is 5.56 Å². The number of aromatic nitrogens is 2. The molecule has 0 amide bonds. The summed E-state index contributed by atoms with van der Waals surface area (Å²) in [4.78, 5) is 18.6. The number of carbonyl (C=O) groups is 1. The van der Waals surface area contributed by atoms with Crippen molar-refractivity contribution in [2.45, 2.75) is 27.7 Å². The maximum Gasteiger partial charge on any atom is 0.162 e. The molecule has 0 radical (unpaired) electrons. The van der Waals surface area contributed by atoms with Crippen LogP contribution in [0.1, 0.15) is 37.0 Å². The van der Waals surface area contributed by atoms with Crippen LogP contribution >= 0.6 is 0 Å². The van der Waals surface area contributed by atoms with E-state index in [0.717, 1.165) is 16.9 Å². The predicted molar refractivity (Wildman–Crippen MR) is 62.2 cm³/mol. The fourth-order valence-corrected chi connectivity index (χ4v) is 1.44. The molecular formula is C12H16N2O. The quantitative estimate of drug-likeness (QED) is 0.725. The maximum absolute atomic E-state index is 11.2. The second-order valence-corrected chi connectivity index (χ2v) is 3.08. The van der Waals surface area contributed by atoms with Crippen molar-refractivity contribution in [3.05, 3.63) is 29.6 Å². The average Bonchev–Trinajstić information content (AvgIpc) is 2.60. The molecule has 1 aromatic heterocycles. The number of rotatable bonds is 1. The predicted octanol–water partition coefficient (Wildman–Crippen LogP) is 3.10. The van der Waals surface area contributed by atoms with E-state index in [4.69, 9.17) is 0 Å². The van der Waals surface area contributed by atoms with Crippen molar-refractivity contribution < 1.29 is 4.79 Å². The number of aromatic amines is 1. The molecule has 80 valence electrons. The van der Waals surface area contributed by atoms with Crippen molar-refractivity contribution in [3.8, 4) is 0 Å². The molecule has 3 heteroatoms. The lowest BCUT2D eigenvalue weighted by Crippen LogP contribution is -1.92. The zero-order valence-corrected chi connectivity index (χ0v) is 9.59. The Bertz CT molecular complexity index is 471. The van der Waals surface area contributed by atoms with Crippen LogP contribution < -0.4 is 0 Å². The number of hydrogen-bond donors (Lipinski definition) is 1. The van der Waals surface area contributed by atoms with Crippen molar-refractivity contribution in [1.29, 1.82) is 0 Å². The molecule has 0 saturated carbocycles. The Morgan fingerprint density at radius 1 is 1.33 bits per heavy atom. The highest BCUT2D eigenvalue weighted by Crippen LogP contribution is 2.16. The first-order valence-corrected chi connectivity index (χ1v) is 5.15. The third-order valence-corrected chi connectivity index (χ3v) is 2.01. The first-order chi connectivity index (χ1) is 7.18. The van der Waals surface area contributed by atoms with E-state index in [2.05, 4.69) is 9.97 Å². The lowest BCUT2D eigenvalue weighted by Gasteiger charge is -1.94. The lowest BCUT2D eigenvalue weighted by atomic mass is 10.1. The second kappa shape index (κ2) is 4.73. The normalized spacial score (nSPS) is 9.60. The van der Waals surface area contributed by atoms with E-state index in [1.807, 2.05) is 32.9 Å². The van der Waals surface area contributed by atoms with Gasteiger partial charge in [-0.25, -0.2) is 4.98 Å². The molecular weight excluding hydrogens is 188 g/mol. The van der Waals surface area contributed by atoms with Gasteiger partial charge < -0.3 is 4.98 Å². The molecule has 0 saturated heterocycles. The SMILES string of the molecule is CC.CC(=O)c1cccc2[nH]c(C)nc12. The first-order valence-electron chi connectivity index (χ1n) is 5.15. The zero-order valence-electron chi connectivity index (χ0n) is 9.59. The van der Waals surface area contributed by atoms with Gasteiger partial charge in [0.15, 0.2) is 5.78 Å². The molecule has 0 aliphatic carbocycles. The summed E-state index contributed by atoms with van der Waals surface area (Å²) in [5, 5.41) is 0. The van der Waals surface area contributed by atoms with Gasteiger partial charge in [0.25, 0.3) is 0 Å². The molecule has 3 nitrogen and oxygen atoms in total. The molecule has 2 rings (SSSR count). The van der Waals surface area contributed by atoms with Crippen molar-refractivity contribution in [2.75, 3.05) is 0 Å². The van der Waals surface area contributed by atoms with E-state index >= 15 is 0 Å². The average molecular weight is 204 g/mol. The number of fused-ring (bicyclic) bond motifs is 1. The number of para-hydroxylation sites is 1. The summed E-state index contributed by atoms with van der Waals surface area (Å²) in [6.07, 6.45) is 0. The lowest BCUT2D eigenvalue weighted by molar-refractivity contribution is 0.101. The Kier molecular flexibility index (Phi) is 3.61. The van der Waals surface area contributed by atoms with Crippen molar-refractivity contribution in [1.82, 2.24) is 9.97 Å². The van der Waals surface area contributed by atoms with Gasteiger partial charge in [-0.15, -0.1) is 0 Å². The van der Waals surface area contributed by atoms with Crippen LogP contribution in [0.2, 0.25) is 0 Å². The highest BCUT2D eigenvalue weighted by atomic mass is 16.1. The van der Waals surface area contributed by atoms with E-state index < -0.39 is 0 Å². The van der Waals surface area contributed by atoms with Gasteiger partial charge in [-0.05, 0) is 26.0 Å². The van der Waals surface area contributed by atoms with Gasteiger partial charge in [0, 0.05) is 5.56 Å². The van der Waals surface area contributed by atoms with Crippen LogP contribution in [0.3, 0.4) is 0 Å². The number of carbonyl (C=O) groups excluding carboxylic acids is 1. The van der Waals surface area contributed by atoms with Gasteiger partial charge in [0.1, 0.15) is 5.82 Å². The van der Waals surface area contributed by atoms with E-state index in [9.17, 15) is 4.79 Å². The molecule has 0 aliphatic heterocycles. The number of H-pyrrole nitrogens is 1. The van der Waals surface area contributed by atoms with Crippen LogP contribution in [-0.2, 0) is 0 Å². The Morgan fingerprint density at radius 3 is 2.60 bits per heavy atom. The van der Waals surface area contributed by atoms with Crippen LogP contribution in [0.5, 0.6) is 0 Å². The van der Waals surface area contributed by atoms with Crippen LogP contribution in [0.15, 0.2) is 18.2 Å². The van der Waals surface area contributed by atoms with Gasteiger partial charge in [-0.3, -0.25) is 4.79 Å². The number of hydrogen-bond acceptors (Lipinski definition) is 2. The Hall–Kier alpha value is -1.64. The maximum atomic E-state index is 11.2. The third-order valence-electron chi connectivity index (χ3n) is 2.01. The highest BCUT2D eigenvalue weighted by Gasteiger charge is 2.07. The number of nitrogens with zero attached hydrogens (tertiary/aromatic N) is 1. The van der Waals surface area contributed by atoms with Gasteiger partial charge in [0.05, 0.1) is 11.0 Å². The largest absolute Gasteiger partial charge is 0.342 e. The van der Waals surface area contributed by atoms with Gasteiger partial charge >= 0.3 is 0 Å². The van der Waals surface area contributed by atoms with Crippen molar-refractivity contribution in [2.24, 2.45) is 0 Å². The number of benzene rings is 1. The fraction of sp³-hybridized carbons (Fsp3) is 0.333. The monoisotopic (exact) mass is 204 g/mol. The Morgan fingerprint density at radius 2 is 2.00 bits per heavy atom. The summed E-state index contributed by atoms with van der Waals surface area (Å²) in [7, 11) is 0. The minimum Gasteiger partial charge on any atom is -0.342 e. The number of ketones is 1. The molecule has 1 heterocycles. The molecule has 0 unspecified atom stereocenters. The molecule has 15 heavy (non-hydrogen) atoms. The van der Waals surface area contributed by atoms with E-state index in [1.165, 1.54) is 0 Å². The standard InChI is InChI=1S/C10H10N2O.C2H6/c1-6(13)8-4-3-5-9-10(8)12-7(2)11-9;1-2/h3-5H,1-2H3,(H,11,12);1-2H3. The van der Waals surface area contributed by atoms with E-state index in [-0.39, 0.29) is 5.78 Å². The fourth-order valence-electron chi connectivity index (χ4n) is 1.44. The Balaban J connectivity index is 0.000000531. The van der Waals surface area contributed by atoms with E-state index in [1.54, 1.807) is 13.0 Å². The summed E-state index contributed by atoms with van der Waals surface area (Å²) in [6.45, 7) is 7.43. The summed E-state index contributed by atoms with van der Waals surface area (Å²) in [5.41, 5.74) is 2.37. The van der Waals surface area contributed by atoms with Crippen LogP contribution in [0.25, 0.3) is 11.0 Å². The van der Waals surface area contributed by atoms with Crippen LogP contribution in [0, 0.1) is 6.92 Å². The summed E-state index contributed by atoms with van der Waals surface area (Å²) < 4.78 is 0. The number of Topliss-reactive ketones (excluding diaryl/α,β-unsaturated/α-hetero) is 1. The van der Waals surface area contributed by atoms with Gasteiger partial charge in [-0.1, -0.05) is 19.9 Å². The first kappa shape index (κ1) is 11.4. The van der Waals surface area contributed by atoms with Crippen LogP contribution in [-0.4, -0.2) is 15.8 Å². The van der Waals surface area contributed by atoms with Crippen molar-refractivity contribution in [3.63, 3.8) is 0 Å². The number of nitrogens with one attached hydrogen (secondary N) is 1. The Labute approximate surface area is 89.5 Å².